The first kappa shape index (κ1) is 22.8. The molecule has 0 radical (unpaired) electrons. The summed E-state index contributed by atoms with van der Waals surface area (Å²) >= 11 is 9.65. The molecule has 0 aliphatic carbocycles. The van der Waals surface area contributed by atoms with E-state index < -0.39 is 0 Å². The van der Waals surface area contributed by atoms with Gasteiger partial charge < -0.3 is 14.8 Å². The van der Waals surface area contributed by atoms with Crippen molar-refractivity contribution in [1.82, 2.24) is 14.9 Å². The Labute approximate surface area is 214 Å². The van der Waals surface area contributed by atoms with Crippen LogP contribution in [-0.4, -0.2) is 14.7 Å². The second-order valence-corrected chi connectivity index (χ2v) is 9.87. The number of halogens is 1. The normalized spacial score (nSPS) is 17.8. The van der Waals surface area contributed by atoms with Crippen molar-refractivity contribution in [2.24, 2.45) is 0 Å². The first-order valence-corrected chi connectivity index (χ1v) is 12.7. The number of nitrogens with zero attached hydrogens (tertiary/aromatic N) is 3. The number of thiocarbonyl (C=S) groups is 1. The lowest BCUT2D eigenvalue weighted by Gasteiger charge is -2.28. The molecule has 1 aliphatic heterocycles. The molecule has 2 aromatic carbocycles. The Hall–Kier alpha value is -2.96. The number of aryl methyl sites for hydroxylation is 2. The maximum absolute atomic E-state index is 5.91. The van der Waals surface area contributed by atoms with Gasteiger partial charge in [-0.2, -0.15) is 0 Å². The molecule has 1 fully saturated rings. The number of hydrogen-bond donors (Lipinski definition) is 1. The van der Waals surface area contributed by atoms with E-state index >= 15 is 0 Å². The number of nitrogens with one attached hydrogen (secondary N) is 1. The van der Waals surface area contributed by atoms with E-state index in [4.69, 9.17) is 17.2 Å². The van der Waals surface area contributed by atoms with Crippen LogP contribution in [0.3, 0.4) is 0 Å². The molecule has 2 atom stereocenters. The quantitative estimate of drug-likeness (QED) is 0.282. The highest BCUT2D eigenvalue weighted by atomic mass is 79.9. The lowest BCUT2D eigenvalue weighted by Crippen LogP contribution is -2.29. The molecule has 4 aromatic rings. The Morgan fingerprint density at radius 3 is 2.41 bits per heavy atom. The Bertz CT molecular complexity index is 1330. The van der Waals surface area contributed by atoms with Crippen molar-refractivity contribution in [3.05, 3.63) is 112 Å². The number of rotatable bonds is 5. The van der Waals surface area contributed by atoms with Gasteiger partial charge in [0.25, 0.3) is 0 Å². The topological polar surface area (TPSA) is 33.1 Å². The van der Waals surface area contributed by atoms with Crippen LogP contribution in [0, 0.1) is 13.8 Å². The Morgan fingerprint density at radius 1 is 1.00 bits per heavy atom. The first-order chi connectivity index (χ1) is 16.5. The van der Waals surface area contributed by atoms with Crippen LogP contribution in [0.2, 0.25) is 0 Å². The van der Waals surface area contributed by atoms with Crippen LogP contribution in [0.1, 0.15) is 47.2 Å². The fourth-order valence-electron chi connectivity index (χ4n) is 4.93. The number of anilines is 1. The highest BCUT2D eigenvalue weighted by Crippen LogP contribution is 2.44. The van der Waals surface area contributed by atoms with Crippen molar-refractivity contribution >= 4 is 38.9 Å². The lowest BCUT2D eigenvalue weighted by atomic mass is 9.96. The van der Waals surface area contributed by atoms with E-state index in [-0.39, 0.29) is 12.1 Å². The number of benzene rings is 2. The number of hydrogen-bond acceptors (Lipinski definition) is 2. The van der Waals surface area contributed by atoms with Crippen molar-refractivity contribution in [2.45, 2.75) is 39.3 Å². The predicted octanol–water partition coefficient (Wildman–Crippen LogP) is 6.99. The number of aromatic nitrogens is 2. The third kappa shape index (κ3) is 3.95. The number of para-hydroxylation sites is 1. The molecule has 5 rings (SSSR count). The molecular formula is C28H27BrN4S. The summed E-state index contributed by atoms with van der Waals surface area (Å²) in [5, 5.41) is 4.30. The minimum atomic E-state index is -0.0623. The van der Waals surface area contributed by atoms with Crippen molar-refractivity contribution in [3.63, 3.8) is 0 Å². The summed E-state index contributed by atoms with van der Waals surface area (Å²) in [6.07, 6.45) is 2.86. The summed E-state index contributed by atoms with van der Waals surface area (Å²) in [6.45, 7) is 6.53. The molecule has 0 unspecified atom stereocenters. The van der Waals surface area contributed by atoms with Crippen LogP contribution < -0.4 is 10.2 Å². The van der Waals surface area contributed by atoms with Crippen LogP contribution in [0.4, 0.5) is 5.69 Å². The highest BCUT2D eigenvalue weighted by molar-refractivity contribution is 9.10. The molecule has 1 N–H and O–H groups in total. The second-order valence-electron chi connectivity index (χ2n) is 8.63. The van der Waals surface area contributed by atoms with Crippen LogP contribution in [0.15, 0.2) is 83.5 Å². The van der Waals surface area contributed by atoms with Gasteiger partial charge in [0.05, 0.1) is 23.5 Å². The molecule has 172 valence electrons. The van der Waals surface area contributed by atoms with E-state index in [0.29, 0.717) is 0 Å². The Balaban J connectivity index is 1.68. The molecular weight excluding hydrogens is 504 g/mol. The minimum Gasteiger partial charge on any atom is -0.351 e. The summed E-state index contributed by atoms with van der Waals surface area (Å²) in [6, 6.07) is 25.3. The maximum atomic E-state index is 5.91. The van der Waals surface area contributed by atoms with Gasteiger partial charge in [-0.1, -0.05) is 37.3 Å². The summed E-state index contributed by atoms with van der Waals surface area (Å²) in [5.74, 6) is 0. The molecule has 2 aromatic heterocycles. The SMILES string of the molecule is CCc1ccc(N2C(=S)N[C@@H](c3ccccn3)[C@H]2c2cc(C)n(-c3ccccc3Br)c2C)cc1. The van der Waals surface area contributed by atoms with Crippen LogP contribution in [-0.2, 0) is 6.42 Å². The van der Waals surface area contributed by atoms with Crippen LogP contribution in [0.25, 0.3) is 5.69 Å². The van der Waals surface area contributed by atoms with Crippen molar-refractivity contribution in [3.8, 4) is 5.69 Å². The molecule has 1 aliphatic rings. The van der Waals surface area contributed by atoms with Crippen molar-refractivity contribution in [1.29, 1.82) is 0 Å². The average Bonchev–Trinajstić information content (AvgIpc) is 3.35. The molecule has 0 spiro atoms. The fourth-order valence-corrected chi connectivity index (χ4v) is 5.74. The van der Waals surface area contributed by atoms with Crippen LogP contribution >= 0.6 is 28.1 Å². The summed E-state index contributed by atoms with van der Waals surface area (Å²) in [4.78, 5) is 6.94. The zero-order valence-electron chi connectivity index (χ0n) is 19.5. The zero-order valence-corrected chi connectivity index (χ0v) is 21.9. The van der Waals surface area contributed by atoms with Gasteiger partial charge in [0, 0.05) is 27.7 Å². The van der Waals surface area contributed by atoms with E-state index in [9.17, 15) is 0 Å². The molecule has 3 heterocycles. The van der Waals surface area contributed by atoms with E-state index in [1.54, 1.807) is 0 Å². The van der Waals surface area contributed by atoms with Gasteiger partial charge >= 0.3 is 0 Å². The molecule has 34 heavy (non-hydrogen) atoms. The maximum Gasteiger partial charge on any atom is 0.174 e. The van der Waals surface area contributed by atoms with E-state index in [2.05, 4.69) is 106 Å². The minimum absolute atomic E-state index is 0.0303. The van der Waals surface area contributed by atoms with Gasteiger partial charge in [-0.25, -0.2) is 0 Å². The molecule has 0 amide bonds. The van der Waals surface area contributed by atoms with Gasteiger partial charge in [0.15, 0.2) is 5.11 Å². The highest BCUT2D eigenvalue weighted by Gasteiger charge is 2.42. The van der Waals surface area contributed by atoms with Gasteiger partial charge in [0.1, 0.15) is 0 Å². The van der Waals surface area contributed by atoms with E-state index in [1.807, 2.05) is 24.4 Å². The zero-order chi connectivity index (χ0) is 23.8. The third-order valence-corrected chi connectivity index (χ3v) is 7.59. The van der Waals surface area contributed by atoms with E-state index in [1.165, 1.54) is 22.5 Å². The van der Waals surface area contributed by atoms with Gasteiger partial charge in [-0.05, 0) is 102 Å². The molecule has 0 bridgehead atoms. The van der Waals surface area contributed by atoms with E-state index in [0.717, 1.165) is 33.1 Å². The molecule has 4 nitrogen and oxygen atoms in total. The smallest absolute Gasteiger partial charge is 0.174 e. The van der Waals surface area contributed by atoms with Crippen molar-refractivity contribution in [2.75, 3.05) is 4.90 Å². The van der Waals surface area contributed by atoms with Gasteiger partial charge in [-0.15, -0.1) is 0 Å². The molecule has 0 saturated carbocycles. The molecule has 1 saturated heterocycles. The Kier molecular flexibility index (Phi) is 6.28. The number of pyridine rings is 1. The fraction of sp³-hybridized carbons (Fsp3) is 0.214. The van der Waals surface area contributed by atoms with Gasteiger partial charge in [0.2, 0.25) is 0 Å². The van der Waals surface area contributed by atoms with Crippen LogP contribution in [0.5, 0.6) is 0 Å². The molecule has 6 heteroatoms. The third-order valence-electron chi connectivity index (χ3n) is 6.60. The largest absolute Gasteiger partial charge is 0.351 e. The first-order valence-electron chi connectivity index (χ1n) is 11.5. The summed E-state index contributed by atoms with van der Waals surface area (Å²) in [7, 11) is 0. The summed E-state index contributed by atoms with van der Waals surface area (Å²) < 4.78 is 3.38. The second kappa shape index (κ2) is 9.35. The predicted molar refractivity (Wildman–Crippen MR) is 147 cm³/mol. The average molecular weight is 532 g/mol. The van der Waals surface area contributed by atoms with Crippen molar-refractivity contribution < 1.29 is 0 Å². The van der Waals surface area contributed by atoms with Gasteiger partial charge in [-0.3, -0.25) is 4.98 Å². The standard InChI is InChI=1S/C28H27BrN4S/c1-4-20-12-14-21(15-13-20)33-27(26(31-28(33)34)24-10-7-8-16-30-24)22-17-18(2)32(19(22)3)25-11-6-5-9-23(25)29/h5-17,26-27H,4H2,1-3H3,(H,31,34)/t26-,27+/m0/s1. The Morgan fingerprint density at radius 2 is 1.74 bits per heavy atom. The lowest BCUT2D eigenvalue weighted by molar-refractivity contribution is 0.565. The monoisotopic (exact) mass is 530 g/mol. The summed E-state index contributed by atoms with van der Waals surface area (Å²) in [5.41, 5.74) is 8.11.